The number of methoxy groups -OCH3 is 1. The highest BCUT2D eigenvalue weighted by atomic mass is 35.5. The molecule has 1 atom stereocenters. The maximum absolute atomic E-state index is 10.7. The molecule has 0 saturated carbocycles. The first-order valence-corrected chi connectivity index (χ1v) is 6.06. The molecule has 0 spiro atoms. The van der Waals surface area contributed by atoms with Gasteiger partial charge in [0.15, 0.2) is 0 Å². The molecule has 2 rings (SSSR count). The minimum Gasteiger partial charge on any atom is -0.383 e. The van der Waals surface area contributed by atoms with E-state index in [4.69, 9.17) is 16.3 Å². The lowest BCUT2D eigenvalue weighted by molar-refractivity contribution is 0.0380. The van der Waals surface area contributed by atoms with E-state index in [-0.39, 0.29) is 0 Å². The fourth-order valence-corrected chi connectivity index (χ4v) is 2.66. The highest BCUT2D eigenvalue weighted by molar-refractivity contribution is 6.31. The monoisotopic (exact) mass is 259 g/mol. The zero-order chi connectivity index (χ0) is 12.5. The quantitative estimate of drug-likeness (QED) is 0.865. The second-order valence-corrected chi connectivity index (χ2v) is 4.98. The Morgan fingerprint density at radius 2 is 2.41 bits per heavy atom. The molecule has 5 nitrogen and oxygen atoms in total. The normalized spacial score (nSPS) is 25.6. The number of β-amino-alcohol motifs (C(OH)–C–C–N with tert-alkyl or cyclic N) is 1. The summed E-state index contributed by atoms with van der Waals surface area (Å²) in [5.74, 6) is 0. The molecule has 1 aliphatic rings. The fraction of sp³-hybridized carbons (Fsp3) is 0.727. The molecule has 0 radical (unpaired) electrons. The van der Waals surface area contributed by atoms with E-state index in [9.17, 15) is 5.11 Å². The molecule has 1 N–H and O–H groups in total. The number of hydrogen-bond acceptors (Lipinski definition) is 4. The van der Waals surface area contributed by atoms with Crippen molar-refractivity contribution < 1.29 is 9.84 Å². The molecule has 0 aromatic carbocycles. The number of ether oxygens (including phenoxy) is 1. The summed E-state index contributed by atoms with van der Waals surface area (Å²) in [6.45, 7) is 2.61. The summed E-state index contributed by atoms with van der Waals surface area (Å²) in [5.41, 5.74) is -0.184. The summed E-state index contributed by atoms with van der Waals surface area (Å²) in [4.78, 5) is 2.09. The van der Waals surface area contributed by atoms with Gasteiger partial charge in [-0.2, -0.15) is 5.10 Å². The maximum Gasteiger partial charge on any atom is 0.121 e. The minimum atomic E-state index is -0.893. The first-order valence-electron chi connectivity index (χ1n) is 5.68. The second kappa shape index (κ2) is 4.94. The molecule has 1 aliphatic heterocycles. The lowest BCUT2D eigenvalue weighted by Gasteiger charge is -2.24. The van der Waals surface area contributed by atoms with Crippen molar-refractivity contribution >= 4 is 11.6 Å². The van der Waals surface area contributed by atoms with Crippen molar-refractivity contribution in [1.82, 2.24) is 14.7 Å². The van der Waals surface area contributed by atoms with Crippen molar-refractivity contribution in [2.75, 3.05) is 33.9 Å². The van der Waals surface area contributed by atoms with E-state index in [0.717, 1.165) is 6.54 Å². The molecule has 0 amide bonds. The molecular formula is C11H18ClN3O2. The summed E-state index contributed by atoms with van der Waals surface area (Å²) in [5, 5.41) is 15.4. The van der Waals surface area contributed by atoms with Crippen LogP contribution in [0.4, 0.5) is 0 Å². The molecule has 0 bridgehead atoms. The van der Waals surface area contributed by atoms with Crippen LogP contribution in [0.2, 0.25) is 5.02 Å². The van der Waals surface area contributed by atoms with Crippen LogP contribution in [0, 0.1) is 0 Å². The van der Waals surface area contributed by atoms with Gasteiger partial charge in [-0.3, -0.25) is 4.68 Å². The van der Waals surface area contributed by atoms with E-state index in [2.05, 4.69) is 10.00 Å². The van der Waals surface area contributed by atoms with E-state index in [1.807, 2.05) is 7.05 Å². The Morgan fingerprint density at radius 1 is 1.65 bits per heavy atom. The third kappa shape index (κ3) is 2.47. The average molecular weight is 260 g/mol. The number of aromatic nitrogens is 2. The average Bonchev–Trinajstić information content (AvgIpc) is 2.80. The van der Waals surface area contributed by atoms with Crippen molar-refractivity contribution in [3.63, 3.8) is 0 Å². The molecule has 0 aliphatic carbocycles. The largest absolute Gasteiger partial charge is 0.383 e. The maximum atomic E-state index is 10.7. The molecule has 6 heteroatoms. The van der Waals surface area contributed by atoms with Crippen molar-refractivity contribution in [2.24, 2.45) is 0 Å². The first kappa shape index (κ1) is 12.8. The van der Waals surface area contributed by atoms with Crippen molar-refractivity contribution in [1.29, 1.82) is 0 Å². The molecule has 1 unspecified atom stereocenters. The fourth-order valence-electron chi connectivity index (χ4n) is 2.35. The Morgan fingerprint density at radius 3 is 3.00 bits per heavy atom. The van der Waals surface area contributed by atoms with Gasteiger partial charge in [-0.15, -0.1) is 0 Å². The second-order valence-electron chi connectivity index (χ2n) is 4.58. The topological polar surface area (TPSA) is 50.5 Å². The summed E-state index contributed by atoms with van der Waals surface area (Å²) in [6.07, 6.45) is 2.27. The van der Waals surface area contributed by atoms with Gasteiger partial charge < -0.3 is 14.7 Å². The summed E-state index contributed by atoms with van der Waals surface area (Å²) < 4.78 is 6.77. The van der Waals surface area contributed by atoms with E-state index in [1.165, 1.54) is 0 Å². The van der Waals surface area contributed by atoms with Gasteiger partial charge in [-0.25, -0.2) is 0 Å². The lowest BCUT2D eigenvalue weighted by Crippen LogP contribution is -2.32. The molecule has 1 fully saturated rings. The molecule has 1 aromatic rings. The van der Waals surface area contributed by atoms with Crippen LogP contribution in [-0.2, 0) is 16.9 Å². The van der Waals surface area contributed by atoms with E-state index < -0.39 is 5.60 Å². The van der Waals surface area contributed by atoms with Crippen LogP contribution in [0.3, 0.4) is 0 Å². The van der Waals surface area contributed by atoms with Crippen LogP contribution in [-0.4, -0.2) is 53.6 Å². The SMILES string of the molecule is COCCn1ncc(Cl)c1C1(O)CCN(C)C1. The third-order valence-electron chi connectivity index (χ3n) is 3.18. The van der Waals surface area contributed by atoms with Crippen LogP contribution in [0.25, 0.3) is 0 Å². The lowest BCUT2D eigenvalue weighted by atomic mass is 9.99. The number of aliphatic hydroxyl groups is 1. The predicted molar refractivity (Wildman–Crippen MR) is 65.1 cm³/mol. The zero-order valence-corrected chi connectivity index (χ0v) is 10.9. The van der Waals surface area contributed by atoms with Crippen LogP contribution in [0.5, 0.6) is 0 Å². The van der Waals surface area contributed by atoms with Crippen molar-refractivity contribution in [2.45, 2.75) is 18.6 Å². The molecule has 17 heavy (non-hydrogen) atoms. The number of likely N-dealkylation sites (N-methyl/N-ethyl adjacent to an activating group) is 1. The number of nitrogens with zero attached hydrogens (tertiary/aromatic N) is 3. The van der Waals surface area contributed by atoms with Gasteiger partial charge in [0.25, 0.3) is 0 Å². The number of halogens is 1. The summed E-state index contributed by atoms with van der Waals surface area (Å²) >= 11 is 6.14. The van der Waals surface area contributed by atoms with Gasteiger partial charge in [0.05, 0.1) is 30.1 Å². The van der Waals surface area contributed by atoms with Crippen molar-refractivity contribution in [3.05, 3.63) is 16.9 Å². The number of hydrogen-bond donors (Lipinski definition) is 1. The van der Waals surface area contributed by atoms with Gasteiger partial charge >= 0.3 is 0 Å². The Kier molecular flexibility index (Phi) is 3.73. The Labute approximate surface area is 106 Å². The molecule has 1 saturated heterocycles. The van der Waals surface area contributed by atoms with E-state index in [1.54, 1.807) is 18.0 Å². The van der Waals surface area contributed by atoms with Crippen LogP contribution < -0.4 is 0 Å². The Bertz CT molecular complexity index is 396. The smallest absolute Gasteiger partial charge is 0.121 e. The number of rotatable bonds is 4. The van der Waals surface area contributed by atoms with Gasteiger partial charge in [-0.1, -0.05) is 11.6 Å². The first-order chi connectivity index (χ1) is 8.07. The van der Waals surface area contributed by atoms with Gasteiger partial charge in [0, 0.05) is 20.2 Å². The van der Waals surface area contributed by atoms with E-state index >= 15 is 0 Å². The Balaban J connectivity index is 2.27. The van der Waals surface area contributed by atoms with Crippen LogP contribution in [0.1, 0.15) is 12.1 Å². The van der Waals surface area contributed by atoms with Crippen molar-refractivity contribution in [3.8, 4) is 0 Å². The molecule has 1 aromatic heterocycles. The molecular weight excluding hydrogens is 242 g/mol. The molecule has 2 heterocycles. The summed E-state index contributed by atoms with van der Waals surface area (Å²) in [6, 6.07) is 0. The highest BCUT2D eigenvalue weighted by Crippen LogP contribution is 2.35. The van der Waals surface area contributed by atoms with Gasteiger partial charge in [0.2, 0.25) is 0 Å². The van der Waals surface area contributed by atoms with E-state index in [0.29, 0.717) is 36.8 Å². The van der Waals surface area contributed by atoms with Crippen LogP contribution >= 0.6 is 11.6 Å². The Hall–Kier alpha value is -0.620. The highest BCUT2D eigenvalue weighted by Gasteiger charge is 2.40. The van der Waals surface area contributed by atoms with Crippen LogP contribution in [0.15, 0.2) is 6.20 Å². The predicted octanol–water partition coefficient (Wildman–Crippen LogP) is 0.706. The van der Waals surface area contributed by atoms with Gasteiger partial charge in [0.1, 0.15) is 5.60 Å². The molecule has 96 valence electrons. The standard InChI is InChI=1S/C11H18ClN3O2/c1-14-4-3-11(16,8-14)10-9(12)7-13-15(10)5-6-17-2/h7,16H,3-6,8H2,1-2H3. The third-order valence-corrected chi connectivity index (χ3v) is 3.46. The zero-order valence-electron chi connectivity index (χ0n) is 10.2. The van der Waals surface area contributed by atoms with Gasteiger partial charge in [-0.05, 0) is 13.5 Å². The summed E-state index contributed by atoms with van der Waals surface area (Å²) in [7, 11) is 3.63. The number of likely N-dealkylation sites (tertiary alicyclic amines) is 1. The minimum absolute atomic E-state index is 0.527.